The van der Waals surface area contributed by atoms with Crippen molar-refractivity contribution < 1.29 is 31.8 Å². The van der Waals surface area contributed by atoms with E-state index in [1.54, 1.807) is 0 Å². The van der Waals surface area contributed by atoms with Crippen molar-refractivity contribution in [2.75, 3.05) is 6.67 Å². The van der Waals surface area contributed by atoms with Crippen LogP contribution in [0.2, 0.25) is 0 Å². The Balaban J connectivity index is 2.78. The van der Waals surface area contributed by atoms with Crippen molar-refractivity contribution in [1.29, 1.82) is 0 Å². The average Bonchev–Trinajstić information content (AvgIpc) is 2.27. The fraction of sp³-hybridized carbons (Fsp3) is 0.800. The second-order valence-electron chi connectivity index (χ2n) is 2.14. The summed E-state index contributed by atoms with van der Waals surface area (Å²) >= 11 is 0. The van der Waals surface area contributed by atoms with Gasteiger partial charge in [-0.05, 0) is 0 Å². The third-order valence-electron chi connectivity index (χ3n) is 1.31. The molecule has 0 amide bonds. The summed E-state index contributed by atoms with van der Waals surface area (Å²) in [5.41, 5.74) is 0. The number of alkyl halides is 4. The van der Waals surface area contributed by atoms with Gasteiger partial charge in [0.25, 0.3) is 6.43 Å². The molecule has 0 aromatic heterocycles. The number of cyclic esters (lactones) is 2. The highest BCUT2D eigenvalue weighted by atomic mass is 19.3. The minimum absolute atomic E-state index is 1.62. The van der Waals surface area contributed by atoms with Crippen molar-refractivity contribution >= 4 is 6.16 Å². The van der Waals surface area contributed by atoms with Gasteiger partial charge in [-0.2, -0.15) is 4.39 Å². The van der Waals surface area contributed by atoms with Crippen LogP contribution in [0.25, 0.3) is 0 Å². The van der Waals surface area contributed by atoms with E-state index in [0.29, 0.717) is 0 Å². The predicted octanol–water partition coefficient (Wildman–Crippen LogP) is 1.42. The summed E-state index contributed by atoms with van der Waals surface area (Å²) in [5.74, 6) is -3.34. The lowest BCUT2D eigenvalue weighted by atomic mass is 10.2. The molecule has 12 heavy (non-hydrogen) atoms. The first-order chi connectivity index (χ1) is 5.49. The van der Waals surface area contributed by atoms with Gasteiger partial charge < -0.3 is 9.47 Å². The quantitative estimate of drug-likeness (QED) is 0.485. The number of carbonyl (C=O) groups excluding carboxylic acids is 1. The van der Waals surface area contributed by atoms with Gasteiger partial charge in [0.05, 0.1) is 0 Å². The molecule has 0 aliphatic carbocycles. The molecule has 0 spiro atoms. The third kappa shape index (κ3) is 1.30. The molecule has 0 saturated carbocycles. The molecular weight excluding hydrogens is 184 g/mol. The molecule has 0 aromatic rings. The molecule has 70 valence electrons. The molecule has 1 heterocycles. The van der Waals surface area contributed by atoms with E-state index in [-0.39, 0.29) is 0 Å². The zero-order valence-electron chi connectivity index (χ0n) is 5.60. The smallest absolute Gasteiger partial charge is 0.417 e. The maximum Gasteiger partial charge on any atom is 0.512 e. The van der Waals surface area contributed by atoms with Crippen LogP contribution in [-0.2, 0) is 9.47 Å². The Kier molecular flexibility index (Phi) is 2.12. The second-order valence-corrected chi connectivity index (χ2v) is 2.14. The highest BCUT2D eigenvalue weighted by Gasteiger charge is 2.57. The van der Waals surface area contributed by atoms with Crippen molar-refractivity contribution in [2.45, 2.75) is 18.4 Å². The minimum Gasteiger partial charge on any atom is -0.417 e. The lowest BCUT2D eigenvalue weighted by molar-refractivity contribution is -0.145. The van der Waals surface area contributed by atoms with E-state index in [4.69, 9.17) is 0 Å². The Morgan fingerprint density at radius 2 is 2.17 bits per heavy atom. The zero-order valence-corrected chi connectivity index (χ0v) is 5.60. The van der Waals surface area contributed by atoms with Crippen LogP contribution in [0.1, 0.15) is 0 Å². The van der Waals surface area contributed by atoms with Crippen molar-refractivity contribution in [3.63, 3.8) is 0 Å². The Hall–Kier alpha value is -1.01. The summed E-state index contributed by atoms with van der Waals surface area (Å²) in [6.45, 7) is -1.85. The molecule has 7 heteroatoms. The first-order valence-electron chi connectivity index (χ1n) is 2.92. The summed E-state index contributed by atoms with van der Waals surface area (Å²) < 4.78 is 55.5. The summed E-state index contributed by atoms with van der Waals surface area (Å²) in [7, 11) is 0. The van der Waals surface area contributed by atoms with Gasteiger partial charge in [-0.25, -0.2) is 18.0 Å². The summed E-state index contributed by atoms with van der Waals surface area (Å²) in [5, 5.41) is 0. The topological polar surface area (TPSA) is 35.5 Å². The first-order valence-corrected chi connectivity index (χ1v) is 2.92. The third-order valence-corrected chi connectivity index (χ3v) is 1.31. The van der Waals surface area contributed by atoms with E-state index >= 15 is 0 Å². The van der Waals surface area contributed by atoms with Crippen LogP contribution in [0.15, 0.2) is 0 Å². The van der Waals surface area contributed by atoms with Crippen LogP contribution in [0.4, 0.5) is 22.4 Å². The van der Waals surface area contributed by atoms with Crippen LogP contribution in [0, 0.1) is 0 Å². The van der Waals surface area contributed by atoms with Crippen LogP contribution < -0.4 is 0 Å². The number of hydrogen-bond acceptors (Lipinski definition) is 3. The largest absolute Gasteiger partial charge is 0.512 e. The van der Waals surface area contributed by atoms with Gasteiger partial charge in [0, 0.05) is 0 Å². The lowest BCUT2D eigenvalue weighted by Crippen LogP contribution is -2.41. The Morgan fingerprint density at radius 1 is 1.58 bits per heavy atom. The molecule has 2 unspecified atom stereocenters. The Bertz CT molecular complexity index is 197. The first kappa shape index (κ1) is 9.08. The molecular formula is C5H4F4O3. The van der Waals surface area contributed by atoms with Crippen molar-refractivity contribution in [1.82, 2.24) is 0 Å². The van der Waals surface area contributed by atoms with Gasteiger partial charge >= 0.3 is 12.0 Å². The summed E-state index contributed by atoms with van der Waals surface area (Å²) in [6, 6.07) is 0. The second kappa shape index (κ2) is 2.80. The number of halogens is 4. The van der Waals surface area contributed by atoms with E-state index in [0.717, 1.165) is 0 Å². The average molecular weight is 188 g/mol. The molecule has 1 saturated heterocycles. The van der Waals surface area contributed by atoms with Gasteiger partial charge in [-0.1, -0.05) is 0 Å². The molecule has 1 aliphatic rings. The maximum atomic E-state index is 12.8. The molecule has 3 nitrogen and oxygen atoms in total. The van der Waals surface area contributed by atoms with Gasteiger partial charge in [-0.3, -0.25) is 0 Å². The van der Waals surface area contributed by atoms with E-state index in [2.05, 4.69) is 9.47 Å². The predicted molar refractivity (Wildman–Crippen MR) is 27.2 cm³/mol. The van der Waals surface area contributed by atoms with E-state index in [9.17, 15) is 22.4 Å². The standard InChI is InChI=1S/C5H4F4O3/c6-1-5(9)2(3(7)8)11-4(10)12-5/h2-3H,1H2. The number of ether oxygens (including phenoxy) is 2. The van der Waals surface area contributed by atoms with Crippen molar-refractivity contribution in [3.8, 4) is 0 Å². The molecule has 1 aliphatic heterocycles. The number of rotatable bonds is 2. The lowest BCUT2D eigenvalue weighted by Gasteiger charge is -2.17. The monoisotopic (exact) mass is 188 g/mol. The molecule has 0 aromatic carbocycles. The maximum absolute atomic E-state index is 12.8. The van der Waals surface area contributed by atoms with Gasteiger partial charge in [0.2, 0.25) is 6.10 Å². The molecule has 1 rings (SSSR count). The van der Waals surface area contributed by atoms with E-state index in [1.807, 2.05) is 0 Å². The van der Waals surface area contributed by atoms with Gasteiger partial charge in [0.15, 0.2) is 6.67 Å². The highest BCUT2D eigenvalue weighted by Crippen LogP contribution is 2.32. The summed E-state index contributed by atoms with van der Waals surface area (Å²) in [6.07, 6.45) is -7.41. The van der Waals surface area contributed by atoms with Crippen molar-refractivity contribution in [3.05, 3.63) is 0 Å². The Morgan fingerprint density at radius 3 is 2.50 bits per heavy atom. The normalized spacial score (nSPS) is 35.1. The van der Waals surface area contributed by atoms with E-state index < -0.39 is 31.2 Å². The van der Waals surface area contributed by atoms with Crippen LogP contribution in [-0.4, -0.2) is 31.2 Å². The SMILES string of the molecule is O=C1OC(C(F)F)C(F)(CF)O1. The molecule has 2 atom stereocenters. The van der Waals surface area contributed by atoms with Crippen molar-refractivity contribution in [2.24, 2.45) is 0 Å². The van der Waals surface area contributed by atoms with E-state index in [1.165, 1.54) is 0 Å². The van der Waals surface area contributed by atoms with Crippen LogP contribution in [0.3, 0.4) is 0 Å². The zero-order chi connectivity index (χ0) is 9.35. The number of carbonyl (C=O) groups is 1. The van der Waals surface area contributed by atoms with Gasteiger partial charge in [0.1, 0.15) is 0 Å². The fourth-order valence-corrected chi connectivity index (χ4v) is 0.755. The summed E-state index contributed by atoms with van der Waals surface area (Å²) in [4.78, 5) is 10.1. The molecule has 0 N–H and O–H groups in total. The molecule has 0 bridgehead atoms. The highest BCUT2D eigenvalue weighted by molar-refractivity contribution is 5.63. The fourth-order valence-electron chi connectivity index (χ4n) is 0.755. The van der Waals surface area contributed by atoms with Crippen LogP contribution in [0.5, 0.6) is 0 Å². The van der Waals surface area contributed by atoms with Crippen LogP contribution >= 0.6 is 0 Å². The molecule has 0 radical (unpaired) electrons. The minimum atomic E-state index is -3.34. The molecule has 1 fully saturated rings. The van der Waals surface area contributed by atoms with Gasteiger partial charge in [-0.15, -0.1) is 0 Å². The number of hydrogen-bond donors (Lipinski definition) is 0. The Labute approximate surface area is 64.2 Å².